The maximum absolute atomic E-state index is 3.48. The Kier molecular flexibility index (Phi) is 6.96. The minimum atomic E-state index is 0.283. The van der Waals surface area contributed by atoms with Gasteiger partial charge < -0.3 is 5.32 Å². The van der Waals surface area contributed by atoms with Gasteiger partial charge in [0, 0.05) is 17.8 Å². The van der Waals surface area contributed by atoms with Gasteiger partial charge in [0.1, 0.15) is 0 Å². The minimum absolute atomic E-state index is 0.283. The molecule has 0 aromatic rings. The van der Waals surface area contributed by atoms with E-state index in [1.165, 1.54) is 24.3 Å². The second kappa shape index (κ2) is 6.79. The first-order valence-corrected chi connectivity index (χ1v) is 6.04. The molecule has 0 amide bonds. The molecule has 1 nitrogen and oxygen atoms in total. The molecule has 0 rings (SSSR count). The first kappa shape index (κ1) is 12.3. The first-order valence-electron chi connectivity index (χ1n) is 4.89. The maximum Gasteiger partial charge on any atom is 0.00968 e. The number of nitrogens with one attached hydrogen (secondary N) is 1. The van der Waals surface area contributed by atoms with Crippen molar-refractivity contribution in [3.05, 3.63) is 0 Å². The molecule has 0 heterocycles. The van der Waals surface area contributed by atoms with Gasteiger partial charge in [-0.1, -0.05) is 13.3 Å². The molecule has 0 aliphatic carbocycles. The summed E-state index contributed by atoms with van der Waals surface area (Å²) in [5.41, 5.74) is 0.283. The zero-order valence-electron chi connectivity index (χ0n) is 8.94. The van der Waals surface area contributed by atoms with Crippen molar-refractivity contribution in [2.75, 3.05) is 18.1 Å². The van der Waals surface area contributed by atoms with E-state index in [0.717, 1.165) is 6.54 Å². The maximum atomic E-state index is 3.48. The summed E-state index contributed by atoms with van der Waals surface area (Å²) in [6.07, 6.45) is 2.68. The van der Waals surface area contributed by atoms with Gasteiger partial charge in [-0.25, -0.2) is 0 Å². The van der Waals surface area contributed by atoms with Crippen LogP contribution >= 0.6 is 11.8 Å². The van der Waals surface area contributed by atoms with Gasteiger partial charge in [0.2, 0.25) is 0 Å². The average molecular weight is 189 g/mol. The summed E-state index contributed by atoms with van der Waals surface area (Å²) >= 11 is 2.06. The molecular weight excluding hydrogens is 166 g/mol. The highest BCUT2D eigenvalue weighted by Gasteiger charge is 2.06. The third kappa shape index (κ3) is 10.3. The van der Waals surface area contributed by atoms with E-state index in [9.17, 15) is 0 Å². The molecule has 2 heteroatoms. The van der Waals surface area contributed by atoms with Crippen LogP contribution < -0.4 is 5.32 Å². The number of hydrogen-bond donors (Lipinski definition) is 1. The Hall–Kier alpha value is 0.310. The third-order valence-electron chi connectivity index (χ3n) is 1.54. The Bertz CT molecular complexity index is 96.5. The van der Waals surface area contributed by atoms with E-state index < -0.39 is 0 Å². The summed E-state index contributed by atoms with van der Waals surface area (Å²) in [7, 11) is 0. The van der Waals surface area contributed by atoms with Crippen LogP contribution in [-0.4, -0.2) is 23.6 Å². The molecule has 0 fully saturated rings. The molecule has 0 bridgehead atoms. The quantitative estimate of drug-likeness (QED) is 0.645. The fourth-order valence-corrected chi connectivity index (χ4v) is 1.79. The average Bonchev–Trinajstić information content (AvgIpc) is 1.94. The summed E-state index contributed by atoms with van der Waals surface area (Å²) in [4.78, 5) is 0. The molecule has 1 N–H and O–H groups in total. The lowest BCUT2D eigenvalue weighted by atomic mass is 10.1. The van der Waals surface area contributed by atoms with Crippen LogP contribution in [0.25, 0.3) is 0 Å². The SMILES string of the molecule is CCCCSCCNC(C)(C)C. The van der Waals surface area contributed by atoms with Crippen LogP contribution in [0.2, 0.25) is 0 Å². The molecule has 0 radical (unpaired) electrons. The highest BCUT2D eigenvalue weighted by Crippen LogP contribution is 2.04. The summed E-state index contributed by atoms with van der Waals surface area (Å²) in [6, 6.07) is 0. The summed E-state index contributed by atoms with van der Waals surface area (Å²) in [5, 5.41) is 3.48. The van der Waals surface area contributed by atoms with Crippen molar-refractivity contribution in [3.63, 3.8) is 0 Å². The Morgan fingerprint density at radius 3 is 2.33 bits per heavy atom. The number of rotatable bonds is 6. The summed E-state index contributed by atoms with van der Waals surface area (Å²) in [5.74, 6) is 2.57. The molecule has 0 atom stereocenters. The largest absolute Gasteiger partial charge is 0.311 e. The molecule has 0 aliphatic rings. The summed E-state index contributed by atoms with van der Waals surface area (Å²) < 4.78 is 0. The van der Waals surface area contributed by atoms with E-state index in [-0.39, 0.29) is 5.54 Å². The molecule has 0 saturated carbocycles. The monoisotopic (exact) mass is 189 g/mol. The van der Waals surface area contributed by atoms with E-state index in [0.29, 0.717) is 0 Å². The topological polar surface area (TPSA) is 12.0 Å². The van der Waals surface area contributed by atoms with Crippen molar-refractivity contribution in [2.45, 2.75) is 46.1 Å². The molecule has 0 aromatic heterocycles. The zero-order valence-corrected chi connectivity index (χ0v) is 9.76. The molecule has 12 heavy (non-hydrogen) atoms. The Labute approximate surface area is 81.7 Å². The van der Waals surface area contributed by atoms with Gasteiger partial charge in [-0.15, -0.1) is 0 Å². The lowest BCUT2D eigenvalue weighted by Crippen LogP contribution is -2.37. The fourth-order valence-electron chi connectivity index (χ4n) is 0.847. The van der Waals surface area contributed by atoms with Crippen molar-refractivity contribution >= 4 is 11.8 Å². The van der Waals surface area contributed by atoms with E-state index in [4.69, 9.17) is 0 Å². The van der Waals surface area contributed by atoms with Gasteiger partial charge in [0.05, 0.1) is 0 Å². The van der Waals surface area contributed by atoms with E-state index in [2.05, 4.69) is 44.8 Å². The van der Waals surface area contributed by atoms with Gasteiger partial charge in [0.25, 0.3) is 0 Å². The number of hydrogen-bond acceptors (Lipinski definition) is 2. The van der Waals surface area contributed by atoms with Crippen LogP contribution in [0.15, 0.2) is 0 Å². The normalized spacial score (nSPS) is 12.0. The minimum Gasteiger partial charge on any atom is -0.311 e. The molecule has 0 aromatic carbocycles. The number of thioether (sulfide) groups is 1. The predicted octanol–water partition coefficient (Wildman–Crippen LogP) is 2.91. The van der Waals surface area contributed by atoms with Gasteiger partial charge in [-0.05, 0) is 32.9 Å². The van der Waals surface area contributed by atoms with Crippen LogP contribution in [0.5, 0.6) is 0 Å². The van der Waals surface area contributed by atoms with Crippen molar-refractivity contribution in [2.24, 2.45) is 0 Å². The summed E-state index contributed by atoms with van der Waals surface area (Å²) in [6.45, 7) is 10.0. The van der Waals surface area contributed by atoms with Crippen LogP contribution in [0, 0.1) is 0 Å². The van der Waals surface area contributed by atoms with Crippen molar-refractivity contribution in [1.82, 2.24) is 5.32 Å². The van der Waals surface area contributed by atoms with Gasteiger partial charge in [0.15, 0.2) is 0 Å². The fraction of sp³-hybridized carbons (Fsp3) is 1.00. The third-order valence-corrected chi connectivity index (χ3v) is 2.61. The van der Waals surface area contributed by atoms with Crippen LogP contribution in [-0.2, 0) is 0 Å². The van der Waals surface area contributed by atoms with E-state index in [1.807, 2.05) is 0 Å². The van der Waals surface area contributed by atoms with Gasteiger partial charge in [-0.3, -0.25) is 0 Å². The Balaban J connectivity index is 3.01. The molecular formula is C10H23NS. The van der Waals surface area contributed by atoms with E-state index >= 15 is 0 Å². The van der Waals surface area contributed by atoms with Crippen LogP contribution in [0.4, 0.5) is 0 Å². The zero-order chi connectivity index (χ0) is 9.45. The Morgan fingerprint density at radius 2 is 1.83 bits per heavy atom. The van der Waals surface area contributed by atoms with Crippen LogP contribution in [0.3, 0.4) is 0 Å². The standard InChI is InChI=1S/C10H23NS/c1-5-6-8-12-9-7-11-10(2,3)4/h11H,5-9H2,1-4H3. The lowest BCUT2D eigenvalue weighted by molar-refractivity contribution is 0.441. The molecule has 0 aliphatic heterocycles. The lowest BCUT2D eigenvalue weighted by Gasteiger charge is -2.20. The van der Waals surface area contributed by atoms with Crippen molar-refractivity contribution < 1.29 is 0 Å². The molecule has 0 saturated heterocycles. The predicted molar refractivity (Wildman–Crippen MR) is 60.0 cm³/mol. The number of unbranched alkanes of at least 4 members (excludes halogenated alkanes) is 1. The van der Waals surface area contributed by atoms with Crippen LogP contribution in [0.1, 0.15) is 40.5 Å². The second-order valence-corrected chi connectivity index (χ2v) is 5.37. The Morgan fingerprint density at radius 1 is 1.17 bits per heavy atom. The highest BCUT2D eigenvalue weighted by molar-refractivity contribution is 7.99. The molecule has 0 unspecified atom stereocenters. The second-order valence-electron chi connectivity index (χ2n) is 4.14. The van der Waals surface area contributed by atoms with Crippen molar-refractivity contribution in [1.29, 1.82) is 0 Å². The van der Waals surface area contributed by atoms with Crippen molar-refractivity contribution in [3.8, 4) is 0 Å². The van der Waals surface area contributed by atoms with Gasteiger partial charge >= 0.3 is 0 Å². The first-order chi connectivity index (χ1) is 5.56. The molecule has 74 valence electrons. The smallest absolute Gasteiger partial charge is 0.00968 e. The van der Waals surface area contributed by atoms with Gasteiger partial charge in [-0.2, -0.15) is 11.8 Å². The van der Waals surface area contributed by atoms with E-state index in [1.54, 1.807) is 0 Å². The highest BCUT2D eigenvalue weighted by atomic mass is 32.2. The molecule has 0 spiro atoms.